The molecule has 0 unspecified atom stereocenters. The SMILES string of the molecule is CC(=O)c1nc(-c2ccc(C(F)(F)F)cc2)[nH]c1-c1ccc(C)s1. The molecule has 24 heavy (non-hydrogen) atoms. The average molecular weight is 350 g/mol. The molecular weight excluding hydrogens is 337 g/mol. The van der Waals surface area contributed by atoms with Crippen molar-refractivity contribution < 1.29 is 18.0 Å². The van der Waals surface area contributed by atoms with Crippen LogP contribution in [0, 0.1) is 6.92 Å². The van der Waals surface area contributed by atoms with Gasteiger partial charge in [-0.25, -0.2) is 4.98 Å². The third-order valence-corrected chi connectivity index (χ3v) is 4.53. The van der Waals surface area contributed by atoms with Crippen LogP contribution < -0.4 is 0 Å². The van der Waals surface area contributed by atoms with Crippen LogP contribution in [-0.4, -0.2) is 15.8 Å². The molecular formula is C17H13F3N2OS. The Bertz CT molecular complexity index is 891. The van der Waals surface area contributed by atoms with Crippen LogP contribution in [0.4, 0.5) is 13.2 Å². The van der Waals surface area contributed by atoms with Gasteiger partial charge in [0.25, 0.3) is 0 Å². The zero-order valence-corrected chi connectivity index (χ0v) is 13.7. The van der Waals surface area contributed by atoms with E-state index in [9.17, 15) is 18.0 Å². The van der Waals surface area contributed by atoms with Crippen molar-refractivity contribution in [1.82, 2.24) is 9.97 Å². The monoisotopic (exact) mass is 350 g/mol. The van der Waals surface area contributed by atoms with Crippen LogP contribution in [0.5, 0.6) is 0 Å². The van der Waals surface area contributed by atoms with Gasteiger partial charge >= 0.3 is 6.18 Å². The molecule has 0 aliphatic carbocycles. The highest BCUT2D eigenvalue weighted by atomic mass is 32.1. The number of hydrogen-bond donors (Lipinski definition) is 1. The van der Waals surface area contributed by atoms with Crippen LogP contribution in [0.25, 0.3) is 22.0 Å². The number of thiophene rings is 1. The molecule has 3 aromatic rings. The van der Waals surface area contributed by atoms with Gasteiger partial charge < -0.3 is 4.98 Å². The minimum absolute atomic E-state index is 0.203. The van der Waals surface area contributed by atoms with Gasteiger partial charge in [0.2, 0.25) is 0 Å². The number of alkyl halides is 3. The molecule has 0 bridgehead atoms. The number of aromatic nitrogens is 2. The Kier molecular flexibility index (Phi) is 4.04. The number of halogens is 3. The Morgan fingerprint density at radius 3 is 2.29 bits per heavy atom. The quantitative estimate of drug-likeness (QED) is 0.649. The zero-order valence-electron chi connectivity index (χ0n) is 12.9. The van der Waals surface area contributed by atoms with Gasteiger partial charge in [0.15, 0.2) is 5.78 Å². The predicted molar refractivity (Wildman–Crippen MR) is 87.1 cm³/mol. The topological polar surface area (TPSA) is 45.8 Å². The number of carbonyl (C=O) groups excluding carboxylic acids is 1. The van der Waals surface area contributed by atoms with E-state index >= 15 is 0 Å². The van der Waals surface area contributed by atoms with Crippen LogP contribution in [0.3, 0.4) is 0 Å². The van der Waals surface area contributed by atoms with E-state index in [0.717, 1.165) is 21.9 Å². The highest BCUT2D eigenvalue weighted by molar-refractivity contribution is 7.15. The summed E-state index contributed by atoms with van der Waals surface area (Å²) >= 11 is 1.51. The molecule has 7 heteroatoms. The maximum absolute atomic E-state index is 12.7. The minimum atomic E-state index is -4.38. The maximum Gasteiger partial charge on any atom is 0.416 e. The molecule has 124 valence electrons. The molecule has 3 nitrogen and oxygen atoms in total. The maximum atomic E-state index is 12.7. The van der Waals surface area contributed by atoms with Crippen LogP contribution in [0.1, 0.15) is 27.9 Å². The van der Waals surface area contributed by atoms with E-state index < -0.39 is 11.7 Å². The van der Waals surface area contributed by atoms with Gasteiger partial charge in [0.05, 0.1) is 16.1 Å². The van der Waals surface area contributed by atoms with E-state index in [0.29, 0.717) is 17.1 Å². The van der Waals surface area contributed by atoms with E-state index in [1.165, 1.54) is 30.4 Å². The van der Waals surface area contributed by atoms with Crippen molar-refractivity contribution in [2.24, 2.45) is 0 Å². The summed E-state index contributed by atoms with van der Waals surface area (Å²) in [7, 11) is 0. The van der Waals surface area contributed by atoms with Crippen molar-refractivity contribution >= 4 is 17.1 Å². The van der Waals surface area contributed by atoms with Crippen LogP contribution >= 0.6 is 11.3 Å². The number of nitrogens with one attached hydrogen (secondary N) is 1. The van der Waals surface area contributed by atoms with Gasteiger partial charge in [-0.15, -0.1) is 11.3 Å². The number of nitrogens with zero attached hydrogens (tertiary/aromatic N) is 1. The summed E-state index contributed by atoms with van der Waals surface area (Å²) < 4.78 is 38.0. The van der Waals surface area contributed by atoms with Gasteiger partial charge in [-0.1, -0.05) is 12.1 Å². The Morgan fingerprint density at radius 2 is 1.79 bits per heavy atom. The molecule has 0 aliphatic rings. The molecule has 0 amide bonds. The molecule has 0 saturated carbocycles. The summed E-state index contributed by atoms with van der Waals surface area (Å²) in [4.78, 5) is 21.1. The second-order valence-electron chi connectivity index (χ2n) is 5.35. The van der Waals surface area contributed by atoms with Gasteiger partial charge in [-0.05, 0) is 31.2 Å². The summed E-state index contributed by atoms with van der Waals surface area (Å²) in [6, 6.07) is 8.50. The predicted octanol–water partition coefficient (Wildman–Crippen LogP) is 5.34. The Balaban J connectivity index is 2.05. The lowest BCUT2D eigenvalue weighted by Crippen LogP contribution is -2.04. The molecule has 2 aromatic heterocycles. The van der Waals surface area contributed by atoms with Crippen molar-refractivity contribution in [2.45, 2.75) is 20.0 Å². The van der Waals surface area contributed by atoms with Crippen LogP contribution in [0.15, 0.2) is 36.4 Å². The first-order chi connectivity index (χ1) is 11.3. The second-order valence-corrected chi connectivity index (χ2v) is 6.64. The fourth-order valence-corrected chi connectivity index (χ4v) is 3.20. The molecule has 0 atom stereocenters. The smallest absolute Gasteiger partial charge is 0.337 e. The molecule has 1 N–H and O–H groups in total. The molecule has 0 fully saturated rings. The Hall–Kier alpha value is -2.41. The summed E-state index contributed by atoms with van der Waals surface area (Å²) in [6.07, 6.45) is -4.38. The average Bonchev–Trinajstić information content (AvgIpc) is 3.12. The van der Waals surface area contributed by atoms with Gasteiger partial charge in [-0.2, -0.15) is 13.2 Å². The molecule has 1 aromatic carbocycles. The molecule has 3 rings (SSSR count). The van der Waals surface area contributed by atoms with E-state index in [-0.39, 0.29) is 11.5 Å². The highest BCUT2D eigenvalue weighted by Gasteiger charge is 2.30. The summed E-state index contributed by atoms with van der Waals surface area (Å²) in [5, 5.41) is 0. The fourth-order valence-electron chi connectivity index (χ4n) is 2.33. The summed E-state index contributed by atoms with van der Waals surface area (Å²) in [6.45, 7) is 3.37. The van der Waals surface area contributed by atoms with Gasteiger partial charge in [-0.3, -0.25) is 4.79 Å². The van der Waals surface area contributed by atoms with Crippen molar-refractivity contribution in [3.63, 3.8) is 0 Å². The van der Waals surface area contributed by atoms with E-state index in [4.69, 9.17) is 0 Å². The minimum Gasteiger partial charge on any atom is -0.337 e. The number of benzene rings is 1. The summed E-state index contributed by atoms with van der Waals surface area (Å²) in [5.74, 6) is 0.167. The number of H-pyrrole nitrogens is 1. The van der Waals surface area contributed by atoms with Crippen LogP contribution in [0.2, 0.25) is 0 Å². The van der Waals surface area contributed by atoms with Crippen molar-refractivity contribution in [3.8, 4) is 22.0 Å². The number of Topliss-reactive ketones (excluding diaryl/α,β-unsaturated/α-hetero) is 1. The van der Waals surface area contributed by atoms with E-state index in [2.05, 4.69) is 9.97 Å². The fraction of sp³-hybridized carbons (Fsp3) is 0.176. The first-order valence-corrected chi connectivity index (χ1v) is 7.93. The third-order valence-electron chi connectivity index (χ3n) is 3.51. The number of aromatic amines is 1. The number of rotatable bonds is 3. The number of imidazole rings is 1. The third kappa shape index (κ3) is 3.12. The molecule has 2 heterocycles. The number of aryl methyl sites for hydroxylation is 1. The van der Waals surface area contributed by atoms with Crippen LogP contribution in [-0.2, 0) is 6.18 Å². The largest absolute Gasteiger partial charge is 0.416 e. The molecule has 0 radical (unpaired) electrons. The Labute approximate surface area is 140 Å². The van der Waals surface area contributed by atoms with Crippen molar-refractivity contribution in [2.75, 3.05) is 0 Å². The lowest BCUT2D eigenvalue weighted by Gasteiger charge is -2.06. The molecule has 0 spiro atoms. The van der Waals surface area contributed by atoms with E-state index in [1.807, 2.05) is 19.1 Å². The number of ketones is 1. The normalized spacial score (nSPS) is 11.7. The molecule has 0 aliphatic heterocycles. The number of carbonyl (C=O) groups is 1. The lowest BCUT2D eigenvalue weighted by molar-refractivity contribution is -0.137. The lowest BCUT2D eigenvalue weighted by atomic mass is 10.1. The van der Waals surface area contributed by atoms with Crippen molar-refractivity contribution in [1.29, 1.82) is 0 Å². The van der Waals surface area contributed by atoms with Gasteiger partial charge in [0.1, 0.15) is 11.5 Å². The molecule has 0 saturated heterocycles. The summed E-state index contributed by atoms with van der Waals surface area (Å²) in [5.41, 5.74) is 0.644. The van der Waals surface area contributed by atoms with Gasteiger partial charge in [0, 0.05) is 17.4 Å². The first-order valence-electron chi connectivity index (χ1n) is 7.11. The zero-order chi connectivity index (χ0) is 17.5. The van der Waals surface area contributed by atoms with E-state index in [1.54, 1.807) is 0 Å². The Morgan fingerprint density at radius 1 is 1.12 bits per heavy atom. The second kappa shape index (κ2) is 5.90. The number of hydrogen-bond acceptors (Lipinski definition) is 3. The first kappa shape index (κ1) is 16.4. The van der Waals surface area contributed by atoms with Crippen molar-refractivity contribution in [3.05, 3.63) is 52.5 Å². The highest BCUT2D eigenvalue weighted by Crippen LogP contribution is 2.33. The standard InChI is InChI=1S/C17H13F3N2OS/c1-9-3-8-13(24-9)15-14(10(2)23)21-16(22-15)11-4-6-12(7-5-11)17(18,19)20/h3-8H,1-2H3,(H,21,22).